The fourth-order valence-corrected chi connectivity index (χ4v) is 3.76. The highest BCUT2D eigenvalue weighted by atomic mass is 16.6. The maximum Gasteiger partial charge on any atom is 0.330 e. The molecule has 1 amide bonds. The summed E-state index contributed by atoms with van der Waals surface area (Å²) in [6.07, 6.45) is -7.09. The van der Waals surface area contributed by atoms with Crippen molar-refractivity contribution in [1.29, 1.82) is 0 Å². The highest BCUT2D eigenvalue weighted by Crippen LogP contribution is 2.31. The Bertz CT molecular complexity index is 1180. The van der Waals surface area contributed by atoms with E-state index in [9.17, 15) is 44.7 Å². The van der Waals surface area contributed by atoms with E-state index in [1.807, 2.05) is 4.98 Å². The summed E-state index contributed by atoms with van der Waals surface area (Å²) in [6.45, 7) is 1.46. The molecule has 2 aromatic rings. The molecule has 14 heteroatoms. The van der Waals surface area contributed by atoms with Crippen molar-refractivity contribution in [3.63, 3.8) is 0 Å². The van der Waals surface area contributed by atoms with Crippen LogP contribution >= 0.6 is 0 Å². The van der Waals surface area contributed by atoms with Gasteiger partial charge in [0.1, 0.15) is 24.1 Å². The molecule has 4 unspecified atom stereocenters. The molecule has 3 rings (SSSR count). The topological polar surface area (TPSA) is 237 Å². The fourth-order valence-electron chi connectivity index (χ4n) is 3.76. The van der Waals surface area contributed by atoms with Gasteiger partial charge in [-0.1, -0.05) is 19.1 Å². The zero-order valence-corrected chi connectivity index (χ0v) is 18.4. The highest BCUT2D eigenvalue weighted by Gasteiger charge is 2.50. The Hall–Kier alpha value is -3.56. The number of phenols is 1. The molecule has 1 aliphatic rings. The first kappa shape index (κ1) is 26.1. The van der Waals surface area contributed by atoms with Crippen LogP contribution in [-0.4, -0.2) is 77.4 Å². The Morgan fingerprint density at radius 1 is 1.14 bits per heavy atom. The highest BCUT2D eigenvalue weighted by molar-refractivity contribution is 5.87. The Labute approximate surface area is 197 Å². The van der Waals surface area contributed by atoms with E-state index in [2.05, 4.69) is 5.32 Å². The van der Waals surface area contributed by atoms with Gasteiger partial charge in [0.15, 0.2) is 12.3 Å². The Balaban J connectivity index is 1.76. The summed E-state index contributed by atoms with van der Waals surface area (Å²) >= 11 is 0. The van der Waals surface area contributed by atoms with E-state index in [-0.39, 0.29) is 5.75 Å². The van der Waals surface area contributed by atoms with Crippen LogP contribution in [-0.2, 0) is 14.3 Å². The molecule has 0 saturated carbocycles. The molecule has 9 N–H and O–H groups in total. The minimum Gasteiger partial charge on any atom is -0.508 e. The second kappa shape index (κ2) is 10.4. The van der Waals surface area contributed by atoms with Crippen molar-refractivity contribution in [1.82, 2.24) is 14.9 Å². The van der Waals surface area contributed by atoms with Crippen molar-refractivity contribution in [2.75, 3.05) is 0 Å². The molecule has 0 bridgehead atoms. The van der Waals surface area contributed by atoms with Crippen LogP contribution in [0.1, 0.15) is 24.8 Å². The van der Waals surface area contributed by atoms with Gasteiger partial charge in [0, 0.05) is 18.2 Å². The van der Waals surface area contributed by atoms with E-state index >= 15 is 0 Å². The van der Waals surface area contributed by atoms with Crippen molar-refractivity contribution in [3.8, 4) is 5.75 Å². The number of phenolic OH excluding ortho intramolecular Hbond substituents is 1. The minimum absolute atomic E-state index is 0.0281. The molecular weight excluding hydrogens is 468 g/mol. The lowest BCUT2D eigenvalue weighted by Crippen LogP contribution is -2.57. The third kappa shape index (κ3) is 5.41. The molecule has 1 aromatic heterocycles. The third-order valence-electron chi connectivity index (χ3n) is 5.89. The number of H-pyrrole nitrogens is 1. The number of carboxylic acids is 1. The summed E-state index contributed by atoms with van der Waals surface area (Å²) in [5.74, 6) is -3.54. The lowest BCUT2D eigenvalue weighted by Gasteiger charge is -2.28. The van der Waals surface area contributed by atoms with Crippen molar-refractivity contribution >= 4 is 11.9 Å². The maximum absolute atomic E-state index is 12.7. The quantitative estimate of drug-likeness (QED) is 0.185. The molecule has 1 aromatic carbocycles. The first-order chi connectivity index (χ1) is 16.4. The van der Waals surface area contributed by atoms with Gasteiger partial charge >= 0.3 is 11.7 Å². The van der Waals surface area contributed by atoms with Crippen LogP contribution in [0.3, 0.4) is 0 Å². The number of benzene rings is 1. The van der Waals surface area contributed by atoms with Crippen molar-refractivity contribution in [2.45, 2.75) is 49.7 Å². The van der Waals surface area contributed by atoms with E-state index < -0.39 is 71.8 Å². The minimum atomic E-state index is -1.89. The summed E-state index contributed by atoms with van der Waals surface area (Å²) in [6, 6.07) is 3.22. The predicted molar refractivity (Wildman–Crippen MR) is 117 cm³/mol. The number of carbonyl (C=O) groups excluding carboxylic acids is 1. The zero-order chi connectivity index (χ0) is 26.0. The molecule has 14 nitrogen and oxygen atoms in total. The van der Waals surface area contributed by atoms with Crippen molar-refractivity contribution in [3.05, 3.63) is 62.9 Å². The Kier molecular flexibility index (Phi) is 7.72. The summed E-state index contributed by atoms with van der Waals surface area (Å²) in [5, 5.41) is 52.5. The molecule has 190 valence electrons. The monoisotopic (exact) mass is 494 g/mol. The van der Waals surface area contributed by atoms with Crippen LogP contribution in [0.4, 0.5) is 0 Å². The van der Waals surface area contributed by atoms with Crippen LogP contribution in [0.5, 0.6) is 5.75 Å². The summed E-state index contributed by atoms with van der Waals surface area (Å²) < 4.78 is 6.18. The number of carboxylic acid groups (broad SMARTS) is 1. The number of hydrogen-bond acceptors (Lipinski definition) is 10. The number of nitrogens with two attached hydrogens (primary N) is 1. The van der Waals surface area contributed by atoms with E-state index in [0.29, 0.717) is 5.56 Å². The summed E-state index contributed by atoms with van der Waals surface area (Å²) in [5.41, 5.74) is 4.62. The number of ether oxygens (including phenoxy) is 1. The van der Waals surface area contributed by atoms with Gasteiger partial charge in [-0.25, -0.2) is 9.59 Å². The third-order valence-corrected chi connectivity index (χ3v) is 5.89. The first-order valence-corrected chi connectivity index (χ1v) is 10.5. The number of aliphatic carboxylic acids is 1. The summed E-state index contributed by atoms with van der Waals surface area (Å²) in [4.78, 5) is 49.9. The molecule has 0 radical (unpaired) electrons. The molecule has 1 saturated heterocycles. The lowest BCUT2D eigenvalue weighted by atomic mass is 9.90. The SMILES string of the molecule is CC(C(N)C(=O)NC(C(=O)O)[C@H]1O[C@@H](n2ccc(=O)[nH]c2=O)[C@H](O)[C@@H]1O)C(O)c1ccc(O)cc1. The molecule has 8 atom stereocenters. The number of aliphatic hydroxyl groups excluding tert-OH is 3. The van der Waals surface area contributed by atoms with Gasteiger partial charge in [-0.15, -0.1) is 0 Å². The average Bonchev–Trinajstić information content (AvgIpc) is 3.10. The number of nitrogens with one attached hydrogen (secondary N) is 2. The summed E-state index contributed by atoms with van der Waals surface area (Å²) in [7, 11) is 0. The molecule has 2 heterocycles. The molecule has 1 aliphatic heterocycles. The molecule has 35 heavy (non-hydrogen) atoms. The standard InChI is InChI=1S/C21H26N4O10/c1-8(14(28)9-2-4-10(26)5-3-9)12(22)18(31)24-13(20(32)33)17-15(29)16(30)19(35-17)25-7-6-11(27)23-21(25)34/h2-8,12-17,19,26,28-30H,22H2,1H3,(H,24,31)(H,32,33)(H,23,27,34)/t8?,12?,13?,14?,15-,16+,17+,19+/m0/s1. The van der Waals surface area contributed by atoms with Gasteiger partial charge in [-0.2, -0.15) is 0 Å². The number of aromatic hydroxyl groups is 1. The van der Waals surface area contributed by atoms with E-state index in [1.165, 1.54) is 31.2 Å². The Morgan fingerprint density at radius 3 is 2.34 bits per heavy atom. The van der Waals surface area contributed by atoms with Crippen molar-refractivity contribution in [2.24, 2.45) is 11.7 Å². The maximum atomic E-state index is 12.7. The smallest absolute Gasteiger partial charge is 0.330 e. The molecule has 1 fully saturated rings. The van der Waals surface area contributed by atoms with Gasteiger partial charge < -0.3 is 41.3 Å². The van der Waals surface area contributed by atoms with E-state index in [4.69, 9.17) is 10.5 Å². The van der Waals surface area contributed by atoms with Crippen LogP contribution < -0.4 is 22.3 Å². The van der Waals surface area contributed by atoms with Gasteiger partial charge in [0.25, 0.3) is 5.56 Å². The lowest BCUT2D eigenvalue weighted by molar-refractivity contribution is -0.149. The van der Waals surface area contributed by atoms with Crippen LogP contribution in [0.25, 0.3) is 0 Å². The van der Waals surface area contributed by atoms with Crippen LogP contribution in [0.2, 0.25) is 0 Å². The second-order valence-corrected chi connectivity index (χ2v) is 8.24. The van der Waals surface area contributed by atoms with E-state index in [0.717, 1.165) is 16.8 Å². The predicted octanol–water partition coefficient (Wildman–Crippen LogP) is -2.87. The number of nitrogens with zero attached hydrogens (tertiary/aromatic N) is 1. The number of rotatable bonds is 8. The van der Waals surface area contributed by atoms with Gasteiger partial charge in [-0.3, -0.25) is 19.1 Å². The number of hydrogen-bond donors (Lipinski definition) is 8. The molecular formula is C21H26N4O10. The first-order valence-electron chi connectivity index (χ1n) is 10.5. The van der Waals surface area contributed by atoms with Crippen LogP contribution in [0, 0.1) is 5.92 Å². The van der Waals surface area contributed by atoms with Gasteiger partial charge in [0.2, 0.25) is 5.91 Å². The largest absolute Gasteiger partial charge is 0.508 e. The average molecular weight is 494 g/mol. The number of aliphatic hydroxyl groups is 3. The zero-order valence-electron chi connectivity index (χ0n) is 18.4. The van der Waals surface area contributed by atoms with Crippen LogP contribution in [0.15, 0.2) is 46.1 Å². The van der Waals surface area contributed by atoms with E-state index in [1.54, 1.807) is 0 Å². The number of carbonyl (C=O) groups is 2. The number of amides is 1. The fraction of sp³-hybridized carbons (Fsp3) is 0.429. The van der Waals surface area contributed by atoms with Crippen molar-refractivity contribution < 1.29 is 39.9 Å². The number of aromatic amines is 1. The molecule has 0 aliphatic carbocycles. The molecule has 0 spiro atoms. The van der Waals surface area contributed by atoms with Gasteiger partial charge in [-0.05, 0) is 17.7 Å². The second-order valence-electron chi connectivity index (χ2n) is 8.24. The number of aromatic nitrogens is 2. The Morgan fingerprint density at radius 2 is 1.77 bits per heavy atom. The van der Waals surface area contributed by atoms with Gasteiger partial charge in [0.05, 0.1) is 12.1 Å². The normalized spacial score (nSPS) is 25.4.